The summed E-state index contributed by atoms with van der Waals surface area (Å²) in [6.45, 7) is 3.77. The van der Waals surface area contributed by atoms with Gasteiger partial charge in [-0.15, -0.1) is 0 Å². The number of rotatable bonds is 2. The standard InChI is InChI=1S/C12H14N4OSe/c1-7-5-13-6-8(7)12(17)14-9-3-2-4-10-11(9)16-18-15-10/h2-4,7-8,13H,5-6H2,1H3,(H,14,17)/t7-,8-/m1/s1. The number of carbonyl (C=O) groups excluding carboxylic acids is 1. The van der Waals surface area contributed by atoms with Crippen molar-refractivity contribution in [3.8, 4) is 0 Å². The summed E-state index contributed by atoms with van der Waals surface area (Å²) in [5.74, 6) is 0.507. The van der Waals surface area contributed by atoms with Crippen LogP contribution in [0.1, 0.15) is 6.92 Å². The van der Waals surface area contributed by atoms with Crippen molar-refractivity contribution in [1.82, 2.24) is 5.32 Å². The predicted octanol–water partition coefficient (Wildman–Crippen LogP) is 1.83. The zero-order chi connectivity index (χ0) is 12.5. The molecule has 18 heavy (non-hydrogen) atoms. The van der Waals surface area contributed by atoms with E-state index < -0.39 is 0 Å². The molecule has 1 saturated heterocycles. The summed E-state index contributed by atoms with van der Waals surface area (Å²) in [7, 11) is 0. The first-order valence-electron chi connectivity index (χ1n) is 5.98. The van der Waals surface area contributed by atoms with E-state index in [1.165, 1.54) is 0 Å². The summed E-state index contributed by atoms with van der Waals surface area (Å²) in [5.41, 5.74) is 2.52. The molecule has 5 nitrogen and oxygen atoms in total. The van der Waals surface area contributed by atoms with Crippen LogP contribution in [0.4, 0.5) is 17.1 Å². The van der Waals surface area contributed by atoms with Gasteiger partial charge in [-0.05, 0) is 0 Å². The van der Waals surface area contributed by atoms with Gasteiger partial charge in [-0.25, -0.2) is 0 Å². The van der Waals surface area contributed by atoms with Gasteiger partial charge in [0.05, 0.1) is 0 Å². The van der Waals surface area contributed by atoms with Gasteiger partial charge in [0.15, 0.2) is 0 Å². The van der Waals surface area contributed by atoms with Crippen LogP contribution >= 0.6 is 0 Å². The molecule has 2 heterocycles. The third kappa shape index (κ3) is 2.07. The number of benzene rings is 1. The van der Waals surface area contributed by atoms with Crippen molar-refractivity contribution in [3.05, 3.63) is 18.2 Å². The van der Waals surface area contributed by atoms with Crippen LogP contribution in [0.3, 0.4) is 0 Å². The maximum atomic E-state index is 12.2. The van der Waals surface area contributed by atoms with Crippen molar-refractivity contribution in [2.45, 2.75) is 6.92 Å². The van der Waals surface area contributed by atoms with E-state index in [1.54, 1.807) is 0 Å². The molecule has 2 N–H and O–H groups in total. The van der Waals surface area contributed by atoms with Crippen molar-refractivity contribution in [2.75, 3.05) is 18.4 Å². The zero-order valence-corrected chi connectivity index (χ0v) is 11.7. The molecular formula is C12H14N4OSe. The Balaban J connectivity index is 1.80. The zero-order valence-electron chi connectivity index (χ0n) is 10.0. The Morgan fingerprint density at radius 3 is 3.11 bits per heavy atom. The molecule has 0 aliphatic carbocycles. The van der Waals surface area contributed by atoms with Crippen LogP contribution < -0.4 is 10.6 Å². The Hall–Kier alpha value is -1.23. The number of hydrogen-bond acceptors (Lipinski definition) is 4. The Bertz CT molecular complexity index is 565. The van der Waals surface area contributed by atoms with Gasteiger partial charge in [-0.2, -0.15) is 0 Å². The number of amides is 1. The molecule has 0 radical (unpaired) electrons. The number of fused-ring (bicyclic) bond motifs is 1. The van der Waals surface area contributed by atoms with E-state index in [2.05, 4.69) is 25.5 Å². The van der Waals surface area contributed by atoms with E-state index in [-0.39, 0.29) is 26.4 Å². The fourth-order valence-electron chi connectivity index (χ4n) is 2.29. The van der Waals surface area contributed by atoms with Crippen molar-refractivity contribution in [2.24, 2.45) is 19.8 Å². The summed E-state index contributed by atoms with van der Waals surface area (Å²) < 4.78 is 8.68. The number of carbonyl (C=O) groups is 1. The van der Waals surface area contributed by atoms with Gasteiger partial charge in [-0.3, -0.25) is 0 Å². The molecule has 2 aliphatic heterocycles. The molecule has 0 bridgehead atoms. The average molecular weight is 309 g/mol. The minimum absolute atomic E-state index is 0.0460. The van der Waals surface area contributed by atoms with Crippen LogP contribution in [-0.4, -0.2) is 33.6 Å². The second-order valence-electron chi connectivity index (χ2n) is 4.67. The minimum atomic E-state index is -0.0641. The maximum absolute atomic E-state index is 12.2. The molecule has 2 atom stereocenters. The van der Waals surface area contributed by atoms with E-state index in [1.807, 2.05) is 18.2 Å². The fourth-order valence-corrected chi connectivity index (χ4v) is 3.45. The van der Waals surface area contributed by atoms with Crippen LogP contribution in [0.15, 0.2) is 26.1 Å². The topological polar surface area (TPSA) is 65.8 Å². The number of nitrogens with zero attached hydrogens (tertiary/aromatic N) is 2. The number of hydrogen-bond donors (Lipinski definition) is 2. The van der Waals surface area contributed by atoms with E-state index in [9.17, 15) is 4.79 Å². The molecule has 0 spiro atoms. The number of nitrogens with one attached hydrogen (secondary N) is 2. The molecule has 1 amide bonds. The molecule has 3 rings (SSSR count). The summed E-state index contributed by atoms with van der Waals surface area (Å²) in [5, 5.41) is 6.23. The van der Waals surface area contributed by atoms with Crippen LogP contribution in [0.25, 0.3) is 0 Å². The monoisotopic (exact) mass is 310 g/mol. The van der Waals surface area contributed by atoms with Crippen LogP contribution in [0.2, 0.25) is 0 Å². The molecule has 1 aromatic carbocycles. The van der Waals surface area contributed by atoms with Crippen LogP contribution in [0.5, 0.6) is 0 Å². The van der Waals surface area contributed by atoms with Crippen LogP contribution in [0, 0.1) is 11.8 Å². The third-order valence-electron chi connectivity index (χ3n) is 3.40. The molecular weight excluding hydrogens is 295 g/mol. The number of anilines is 1. The molecule has 0 saturated carbocycles. The molecule has 94 valence electrons. The van der Waals surface area contributed by atoms with Gasteiger partial charge >= 0.3 is 111 Å². The molecule has 0 aromatic heterocycles. The third-order valence-corrected chi connectivity index (χ3v) is 4.54. The SMILES string of the molecule is C[C@@H]1CNC[C@H]1C(=O)Nc1cccc2c1N=[Se]=N2. The van der Waals surface area contributed by atoms with E-state index in [0.29, 0.717) is 5.92 Å². The van der Waals surface area contributed by atoms with E-state index in [0.717, 1.165) is 30.2 Å². The van der Waals surface area contributed by atoms with Crippen molar-refractivity contribution < 1.29 is 4.79 Å². The first-order chi connectivity index (χ1) is 8.75. The Morgan fingerprint density at radius 2 is 2.33 bits per heavy atom. The van der Waals surface area contributed by atoms with E-state index in [4.69, 9.17) is 0 Å². The normalized spacial score (nSPS) is 24.7. The van der Waals surface area contributed by atoms with Gasteiger partial charge in [0, 0.05) is 0 Å². The van der Waals surface area contributed by atoms with Gasteiger partial charge in [0.2, 0.25) is 0 Å². The Morgan fingerprint density at radius 1 is 1.44 bits per heavy atom. The second kappa shape index (κ2) is 4.80. The first-order valence-corrected chi connectivity index (χ1v) is 7.52. The summed E-state index contributed by atoms with van der Waals surface area (Å²) in [6.07, 6.45) is 0. The second-order valence-corrected chi connectivity index (χ2v) is 5.78. The molecule has 1 fully saturated rings. The van der Waals surface area contributed by atoms with Crippen molar-refractivity contribution in [3.63, 3.8) is 0 Å². The molecule has 2 aliphatic rings. The summed E-state index contributed by atoms with van der Waals surface area (Å²) in [6, 6.07) is 5.73. The van der Waals surface area contributed by atoms with Gasteiger partial charge < -0.3 is 0 Å². The summed E-state index contributed by atoms with van der Waals surface area (Å²) >= 11 is -0.0641. The quantitative estimate of drug-likeness (QED) is 0.831. The predicted molar refractivity (Wildman–Crippen MR) is 70.5 cm³/mol. The van der Waals surface area contributed by atoms with E-state index >= 15 is 0 Å². The van der Waals surface area contributed by atoms with Gasteiger partial charge in [0.25, 0.3) is 0 Å². The fraction of sp³-hybridized carbons (Fsp3) is 0.417. The Labute approximate surface area is 111 Å². The first kappa shape index (κ1) is 11.8. The molecule has 6 heteroatoms. The van der Waals surface area contributed by atoms with Gasteiger partial charge in [0.1, 0.15) is 0 Å². The van der Waals surface area contributed by atoms with Crippen LogP contribution in [-0.2, 0) is 4.79 Å². The molecule has 0 unspecified atom stereocenters. The summed E-state index contributed by atoms with van der Waals surface area (Å²) in [4.78, 5) is 12.2. The van der Waals surface area contributed by atoms with Gasteiger partial charge in [-0.1, -0.05) is 0 Å². The molecule has 1 aromatic rings. The Kier molecular flexibility index (Phi) is 3.16. The van der Waals surface area contributed by atoms with Crippen molar-refractivity contribution >= 4 is 37.5 Å². The average Bonchev–Trinajstić information content (AvgIpc) is 2.97. The van der Waals surface area contributed by atoms with Crippen molar-refractivity contribution in [1.29, 1.82) is 0 Å².